The molecule has 0 amide bonds. The van der Waals surface area contributed by atoms with Gasteiger partial charge in [0.05, 0.1) is 10.0 Å². The van der Waals surface area contributed by atoms with Crippen molar-refractivity contribution in [2.45, 2.75) is 19.9 Å². The normalized spacial score (nSPS) is 21.3. The number of nitrogens with two attached hydrogens (primary N) is 1. The summed E-state index contributed by atoms with van der Waals surface area (Å²) in [6.45, 7) is 8.28. The van der Waals surface area contributed by atoms with E-state index in [0.29, 0.717) is 21.9 Å². The van der Waals surface area contributed by atoms with Crippen LogP contribution in [0.15, 0.2) is 6.07 Å². The quantitative estimate of drug-likeness (QED) is 0.908. The van der Waals surface area contributed by atoms with Gasteiger partial charge in [0.2, 0.25) is 0 Å². The largest absolute Gasteiger partial charge is 0.382 e. The Labute approximate surface area is 118 Å². The van der Waals surface area contributed by atoms with Crippen LogP contribution in [0.2, 0.25) is 10.0 Å². The summed E-state index contributed by atoms with van der Waals surface area (Å²) >= 11 is 12.1. The summed E-state index contributed by atoms with van der Waals surface area (Å²) in [5, 5.41) is 0.968. The van der Waals surface area contributed by atoms with E-state index in [0.717, 1.165) is 32.0 Å². The molecule has 2 rings (SSSR count). The van der Waals surface area contributed by atoms with E-state index in [4.69, 9.17) is 28.9 Å². The highest BCUT2D eigenvalue weighted by molar-refractivity contribution is 6.37. The molecule has 0 spiro atoms. The van der Waals surface area contributed by atoms with Gasteiger partial charge in [0, 0.05) is 25.7 Å². The van der Waals surface area contributed by atoms with Crippen molar-refractivity contribution in [2.75, 3.05) is 36.8 Å². The van der Waals surface area contributed by atoms with Crippen molar-refractivity contribution >= 4 is 34.8 Å². The Bertz CT molecular complexity index is 438. The summed E-state index contributed by atoms with van der Waals surface area (Å²) in [6.07, 6.45) is 0. The minimum atomic E-state index is 0.335. The molecule has 2 N–H and O–H groups in total. The van der Waals surface area contributed by atoms with E-state index in [1.165, 1.54) is 0 Å². The van der Waals surface area contributed by atoms with Crippen LogP contribution in [0.5, 0.6) is 0 Å². The summed E-state index contributed by atoms with van der Waals surface area (Å²) in [5.41, 5.74) is 5.75. The molecule has 0 bridgehead atoms. The lowest BCUT2D eigenvalue weighted by atomic mass is 10.2. The molecule has 18 heavy (non-hydrogen) atoms. The van der Waals surface area contributed by atoms with Gasteiger partial charge in [0.25, 0.3) is 0 Å². The van der Waals surface area contributed by atoms with Crippen LogP contribution in [-0.2, 0) is 0 Å². The number of halogens is 2. The topological polar surface area (TPSA) is 45.4 Å². The van der Waals surface area contributed by atoms with E-state index in [1.54, 1.807) is 6.07 Å². The van der Waals surface area contributed by atoms with Crippen LogP contribution in [-0.4, -0.2) is 42.1 Å². The second-order valence-corrected chi connectivity index (χ2v) is 5.40. The first kappa shape index (κ1) is 13.7. The van der Waals surface area contributed by atoms with Crippen LogP contribution >= 0.6 is 23.2 Å². The molecule has 1 saturated heterocycles. The fraction of sp³-hybridized carbons (Fsp3) is 0.583. The van der Waals surface area contributed by atoms with Gasteiger partial charge in [-0.15, -0.1) is 0 Å². The average Bonchev–Trinajstić information content (AvgIpc) is 2.33. The van der Waals surface area contributed by atoms with Gasteiger partial charge in [-0.1, -0.05) is 30.1 Å². The number of nitrogen functional groups attached to an aromatic ring is 1. The monoisotopic (exact) mass is 288 g/mol. The predicted molar refractivity (Wildman–Crippen MR) is 77.6 cm³/mol. The van der Waals surface area contributed by atoms with Crippen molar-refractivity contribution in [3.63, 3.8) is 0 Å². The van der Waals surface area contributed by atoms with Crippen molar-refractivity contribution in [3.8, 4) is 0 Å². The molecule has 0 saturated carbocycles. The number of likely N-dealkylation sites (N-methyl/N-ethyl adjacent to an activating group) is 1. The molecule has 1 aliphatic heterocycles. The van der Waals surface area contributed by atoms with Gasteiger partial charge in [-0.3, -0.25) is 4.90 Å². The number of piperazine rings is 1. The van der Waals surface area contributed by atoms with E-state index in [1.807, 2.05) is 0 Å². The highest BCUT2D eigenvalue weighted by atomic mass is 35.5. The number of hydrogen-bond acceptors (Lipinski definition) is 4. The first-order valence-electron chi connectivity index (χ1n) is 6.13. The molecule has 0 radical (unpaired) electrons. The molecule has 6 heteroatoms. The lowest BCUT2D eigenvalue weighted by Crippen LogP contribution is -2.52. The zero-order chi connectivity index (χ0) is 13.3. The van der Waals surface area contributed by atoms with Crippen LogP contribution in [0, 0.1) is 0 Å². The highest BCUT2D eigenvalue weighted by Gasteiger charge is 2.25. The van der Waals surface area contributed by atoms with E-state index < -0.39 is 0 Å². The van der Waals surface area contributed by atoms with Gasteiger partial charge in [-0.2, -0.15) is 0 Å². The summed E-state index contributed by atoms with van der Waals surface area (Å²) in [5.74, 6) is 1.07. The van der Waals surface area contributed by atoms with Crippen molar-refractivity contribution < 1.29 is 0 Å². The lowest BCUT2D eigenvalue weighted by Gasteiger charge is -2.40. The summed E-state index contributed by atoms with van der Waals surface area (Å²) in [7, 11) is 0. The maximum Gasteiger partial charge on any atom is 0.150 e. The van der Waals surface area contributed by atoms with E-state index in [-0.39, 0.29) is 0 Å². The Hall–Kier alpha value is -0.710. The minimum Gasteiger partial charge on any atom is -0.382 e. The second kappa shape index (κ2) is 5.51. The Morgan fingerprint density at radius 3 is 2.72 bits per heavy atom. The summed E-state index contributed by atoms with van der Waals surface area (Å²) in [6, 6.07) is 2.15. The van der Waals surface area contributed by atoms with Crippen LogP contribution in [0.1, 0.15) is 13.8 Å². The van der Waals surface area contributed by atoms with E-state index in [9.17, 15) is 0 Å². The Balaban J connectivity index is 2.20. The van der Waals surface area contributed by atoms with Crippen molar-refractivity contribution in [1.82, 2.24) is 9.88 Å². The third-order valence-corrected chi connectivity index (χ3v) is 3.99. The smallest absolute Gasteiger partial charge is 0.150 e. The van der Waals surface area contributed by atoms with E-state index >= 15 is 0 Å². The molecule has 1 fully saturated rings. The lowest BCUT2D eigenvalue weighted by molar-refractivity contribution is 0.199. The maximum atomic E-state index is 6.20. The van der Waals surface area contributed by atoms with Crippen molar-refractivity contribution in [3.05, 3.63) is 16.1 Å². The molecular formula is C12H18Cl2N4. The zero-order valence-corrected chi connectivity index (χ0v) is 12.2. The fourth-order valence-corrected chi connectivity index (χ4v) is 2.83. The molecule has 0 aromatic carbocycles. The maximum absolute atomic E-state index is 6.20. The molecule has 1 aromatic rings. The van der Waals surface area contributed by atoms with Crippen molar-refractivity contribution in [2.24, 2.45) is 0 Å². The summed E-state index contributed by atoms with van der Waals surface area (Å²) < 4.78 is 0. The number of nitrogens with zero attached hydrogens (tertiary/aromatic N) is 3. The zero-order valence-electron chi connectivity index (χ0n) is 10.7. The van der Waals surface area contributed by atoms with Crippen molar-refractivity contribution in [1.29, 1.82) is 0 Å². The Kier molecular flexibility index (Phi) is 4.20. The van der Waals surface area contributed by atoms with Crippen LogP contribution in [0.4, 0.5) is 11.6 Å². The fourth-order valence-electron chi connectivity index (χ4n) is 2.35. The van der Waals surface area contributed by atoms with E-state index in [2.05, 4.69) is 28.6 Å². The SMILES string of the molecule is CCN1CCN(c2nc(N)c(Cl)cc2Cl)CC1C. The Morgan fingerprint density at radius 2 is 2.11 bits per heavy atom. The van der Waals surface area contributed by atoms with Gasteiger partial charge < -0.3 is 10.6 Å². The first-order valence-corrected chi connectivity index (χ1v) is 6.89. The third kappa shape index (κ3) is 2.66. The van der Waals surface area contributed by atoms with Crippen LogP contribution in [0.25, 0.3) is 0 Å². The Morgan fingerprint density at radius 1 is 1.39 bits per heavy atom. The molecule has 1 unspecified atom stereocenters. The molecule has 0 aliphatic carbocycles. The van der Waals surface area contributed by atoms with Gasteiger partial charge >= 0.3 is 0 Å². The molecular weight excluding hydrogens is 271 g/mol. The number of rotatable bonds is 2. The standard InChI is InChI=1S/C12H18Cl2N4/c1-3-17-4-5-18(7-8(17)2)12-10(14)6-9(13)11(15)16-12/h6,8H,3-5,7H2,1-2H3,(H2,15,16). The number of pyridine rings is 1. The van der Waals surface area contributed by atoms with Gasteiger partial charge in [-0.05, 0) is 19.5 Å². The molecule has 1 aliphatic rings. The van der Waals surface area contributed by atoms with Crippen LogP contribution in [0.3, 0.4) is 0 Å². The van der Waals surface area contributed by atoms with Crippen LogP contribution < -0.4 is 10.6 Å². The molecule has 1 atom stereocenters. The number of hydrogen-bond donors (Lipinski definition) is 1. The highest BCUT2D eigenvalue weighted by Crippen LogP contribution is 2.31. The third-order valence-electron chi connectivity index (χ3n) is 3.41. The first-order chi connectivity index (χ1) is 8.52. The molecule has 1 aromatic heterocycles. The summed E-state index contributed by atoms with van der Waals surface area (Å²) in [4.78, 5) is 8.91. The molecule has 100 valence electrons. The number of anilines is 2. The number of aromatic nitrogens is 1. The minimum absolute atomic E-state index is 0.335. The van der Waals surface area contributed by atoms with Gasteiger partial charge in [0.15, 0.2) is 0 Å². The average molecular weight is 289 g/mol. The molecule has 4 nitrogen and oxygen atoms in total. The predicted octanol–water partition coefficient (Wildman–Crippen LogP) is 2.50. The van der Waals surface area contributed by atoms with Gasteiger partial charge in [0.1, 0.15) is 11.6 Å². The molecule has 2 heterocycles. The second-order valence-electron chi connectivity index (χ2n) is 4.58. The van der Waals surface area contributed by atoms with Gasteiger partial charge in [-0.25, -0.2) is 4.98 Å².